The van der Waals surface area contributed by atoms with E-state index < -0.39 is 9.84 Å². The lowest BCUT2D eigenvalue weighted by atomic mass is 10.2. The van der Waals surface area contributed by atoms with E-state index in [1.165, 1.54) is 0 Å². The number of aromatic nitrogens is 5. The van der Waals surface area contributed by atoms with Gasteiger partial charge in [0.15, 0.2) is 14.6 Å². The van der Waals surface area contributed by atoms with Crippen LogP contribution in [0.15, 0.2) is 6.33 Å². The van der Waals surface area contributed by atoms with Crippen LogP contribution < -0.4 is 0 Å². The van der Waals surface area contributed by atoms with Crippen LogP contribution in [0, 0.1) is 18.6 Å². The molecular formula is C16H26N6O2S2. The predicted molar refractivity (Wildman–Crippen MR) is 102 cm³/mol. The molecule has 0 radical (unpaired) electrons. The van der Waals surface area contributed by atoms with Gasteiger partial charge in [-0.3, -0.25) is 9.58 Å². The summed E-state index contributed by atoms with van der Waals surface area (Å²) in [4.78, 5) is 2.13. The van der Waals surface area contributed by atoms with Gasteiger partial charge in [0.25, 0.3) is 0 Å². The van der Waals surface area contributed by atoms with Crippen molar-refractivity contribution in [3.8, 4) is 0 Å². The highest BCUT2D eigenvalue weighted by Gasteiger charge is 2.31. The van der Waals surface area contributed by atoms with Gasteiger partial charge in [0.1, 0.15) is 6.33 Å². The SMILES string of the molecule is CCn1cnn(CN(C)Cc2c(C)nn([C@H]3CCS(=O)(=O)C3)c2C)c1=S. The minimum absolute atomic E-state index is 0.0494. The van der Waals surface area contributed by atoms with Crippen LogP contribution in [-0.4, -0.2) is 56.0 Å². The molecular weight excluding hydrogens is 372 g/mol. The van der Waals surface area contributed by atoms with E-state index in [1.807, 2.05) is 37.1 Å². The van der Waals surface area contributed by atoms with Crippen molar-refractivity contribution < 1.29 is 8.42 Å². The van der Waals surface area contributed by atoms with E-state index in [0.717, 1.165) is 23.5 Å². The molecule has 8 nitrogen and oxygen atoms in total. The summed E-state index contributed by atoms with van der Waals surface area (Å²) in [7, 11) is -0.913. The smallest absolute Gasteiger partial charge is 0.198 e. The third kappa shape index (κ3) is 3.77. The number of sulfone groups is 1. The van der Waals surface area contributed by atoms with E-state index in [4.69, 9.17) is 12.2 Å². The molecule has 1 aliphatic rings. The Labute approximate surface area is 159 Å². The van der Waals surface area contributed by atoms with Crippen molar-refractivity contribution in [2.75, 3.05) is 18.6 Å². The van der Waals surface area contributed by atoms with Crippen molar-refractivity contribution >= 4 is 22.1 Å². The molecule has 0 amide bonds. The van der Waals surface area contributed by atoms with Crippen molar-refractivity contribution in [1.29, 1.82) is 0 Å². The van der Waals surface area contributed by atoms with Crippen molar-refractivity contribution in [1.82, 2.24) is 29.0 Å². The average molecular weight is 399 g/mol. The summed E-state index contributed by atoms with van der Waals surface area (Å²) in [5, 5.41) is 8.97. The van der Waals surface area contributed by atoms with Gasteiger partial charge in [-0.15, -0.1) is 0 Å². The van der Waals surface area contributed by atoms with Gasteiger partial charge in [-0.2, -0.15) is 10.2 Å². The monoisotopic (exact) mass is 398 g/mol. The van der Waals surface area contributed by atoms with Gasteiger partial charge in [-0.25, -0.2) is 13.1 Å². The molecule has 0 N–H and O–H groups in total. The topological polar surface area (TPSA) is 78.0 Å². The Kier molecular flexibility index (Phi) is 5.36. The molecule has 1 fully saturated rings. The second-order valence-electron chi connectivity index (χ2n) is 7.01. The van der Waals surface area contributed by atoms with Gasteiger partial charge in [-0.1, -0.05) is 0 Å². The van der Waals surface area contributed by atoms with Crippen LogP contribution in [-0.2, 0) is 29.6 Å². The number of hydrogen-bond acceptors (Lipinski definition) is 6. The van der Waals surface area contributed by atoms with E-state index >= 15 is 0 Å². The highest BCUT2D eigenvalue weighted by molar-refractivity contribution is 7.91. The quantitative estimate of drug-likeness (QED) is 0.689. The molecule has 2 aromatic heterocycles. The zero-order valence-electron chi connectivity index (χ0n) is 15.7. The van der Waals surface area contributed by atoms with Gasteiger partial charge >= 0.3 is 0 Å². The maximum atomic E-state index is 11.8. The standard InChI is InChI=1S/C16H26N6O2S2/c1-5-20-10-17-21(16(20)25)11-19(4)8-15-12(2)18-22(13(15)3)14-6-7-26(23,24)9-14/h10,14H,5-9,11H2,1-4H3/t14-/m0/s1. The summed E-state index contributed by atoms with van der Waals surface area (Å²) in [5.74, 6) is 0.442. The normalized spacial score (nSPS) is 19.5. The first-order chi connectivity index (χ1) is 12.2. The fourth-order valence-electron chi connectivity index (χ4n) is 3.48. The number of rotatable bonds is 6. The average Bonchev–Trinajstić information content (AvgIpc) is 3.19. The van der Waals surface area contributed by atoms with Gasteiger partial charge < -0.3 is 4.57 Å². The van der Waals surface area contributed by atoms with E-state index in [-0.39, 0.29) is 17.5 Å². The van der Waals surface area contributed by atoms with Gasteiger partial charge in [0.05, 0.1) is 29.9 Å². The van der Waals surface area contributed by atoms with Crippen LogP contribution in [0.5, 0.6) is 0 Å². The van der Waals surface area contributed by atoms with Gasteiger partial charge in [0.2, 0.25) is 0 Å². The largest absolute Gasteiger partial charge is 0.307 e. The Bertz CT molecular complexity index is 956. The minimum Gasteiger partial charge on any atom is -0.307 e. The van der Waals surface area contributed by atoms with Crippen LogP contribution in [0.1, 0.15) is 36.3 Å². The Morgan fingerprint density at radius 3 is 2.69 bits per heavy atom. The molecule has 1 aliphatic heterocycles. The lowest BCUT2D eigenvalue weighted by molar-refractivity contribution is 0.242. The first-order valence-electron chi connectivity index (χ1n) is 8.77. The highest BCUT2D eigenvalue weighted by Crippen LogP contribution is 2.27. The fraction of sp³-hybridized carbons (Fsp3) is 0.688. The first-order valence-corrected chi connectivity index (χ1v) is 11.0. The molecule has 2 aromatic rings. The predicted octanol–water partition coefficient (Wildman–Crippen LogP) is 1.70. The van der Waals surface area contributed by atoms with E-state index in [1.54, 1.807) is 11.0 Å². The molecule has 3 rings (SSSR count). The van der Waals surface area contributed by atoms with Crippen molar-refractivity contribution in [3.63, 3.8) is 0 Å². The Balaban J connectivity index is 1.75. The molecule has 0 aliphatic carbocycles. The summed E-state index contributed by atoms with van der Waals surface area (Å²) in [6, 6.07) is -0.0494. The Hall–Kier alpha value is -1.52. The summed E-state index contributed by atoms with van der Waals surface area (Å²) < 4.78 is 29.9. The Morgan fingerprint density at radius 2 is 2.12 bits per heavy atom. The molecule has 3 heterocycles. The molecule has 0 aromatic carbocycles. The molecule has 10 heteroatoms. The van der Waals surface area contributed by atoms with Gasteiger partial charge in [-0.05, 0) is 46.5 Å². The molecule has 1 saturated heterocycles. The number of nitrogens with zero attached hydrogens (tertiary/aromatic N) is 6. The van der Waals surface area contributed by atoms with Crippen molar-refractivity contribution in [2.45, 2.75) is 53.0 Å². The highest BCUT2D eigenvalue weighted by atomic mass is 32.2. The van der Waals surface area contributed by atoms with Crippen molar-refractivity contribution in [3.05, 3.63) is 28.0 Å². The van der Waals surface area contributed by atoms with E-state index in [0.29, 0.717) is 24.4 Å². The summed E-state index contributed by atoms with van der Waals surface area (Å²) >= 11 is 5.42. The van der Waals surface area contributed by atoms with Crippen LogP contribution in [0.2, 0.25) is 0 Å². The third-order valence-electron chi connectivity index (χ3n) is 4.97. The Morgan fingerprint density at radius 1 is 1.38 bits per heavy atom. The molecule has 0 spiro atoms. The van der Waals surface area contributed by atoms with Crippen LogP contribution >= 0.6 is 12.2 Å². The second-order valence-corrected chi connectivity index (χ2v) is 9.60. The molecule has 26 heavy (non-hydrogen) atoms. The molecule has 144 valence electrons. The van der Waals surface area contributed by atoms with Crippen LogP contribution in [0.3, 0.4) is 0 Å². The molecule has 0 saturated carbocycles. The number of hydrogen-bond donors (Lipinski definition) is 0. The van der Waals surface area contributed by atoms with Crippen LogP contribution in [0.4, 0.5) is 0 Å². The maximum absolute atomic E-state index is 11.8. The molecule has 1 atom stereocenters. The van der Waals surface area contributed by atoms with Crippen LogP contribution in [0.25, 0.3) is 0 Å². The summed E-state index contributed by atoms with van der Waals surface area (Å²) in [6.07, 6.45) is 2.40. The molecule has 0 bridgehead atoms. The maximum Gasteiger partial charge on any atom is 0.198 e. The second kappa shape index (κ2) is 7.24. The zero-order chi connectivity index (χ0) is 19.1. The van der Waals surface area contributed by atoms with E-state index in [9.17, 15) is 8.42 Å². The van der Waals surface area contributed by atoms with Gasteiger partial charge in [0, 0.05) is 24.3 Å². The fourth-order valence-corrected chi connectivity index (χ4v) is 5.46. The summed E-state index contributed by atoms with van der Waals surface area (Å²) in [5.41, 5.74) is 3.12. The lowest BCUT2D eigenvalue weighted by Crippen LogP contribution is -2.23. The first kappa shape index (κ1) is 19.2. The zero-order valence-corrected chi connectivity index (χ0v) is 17.3. The number of aryl methyl sites for hydroxylation is 2. The minimum atomic E-state index is -2.93. The lowest BCUT2D eigenvalue weighted by Gasteiger charge is -2.17. The van der Waals surface area contributed by atoms with E-state index in [2.05, 4.69) is 15.1 Å². The molecule has 0 unspecified atom stereocenters. The summed E-state index contributed by atoms with van der Waals surface area (Å²) in [6.45, 7) is 8.14. The van der Waals surface area contributed by atoms with Crippen molar-refractivity contribution in [2.24, 2.45) is 0 Å². The third-order valence-corrected chi connectivity index (χ3v) is 7.17.